The summed E-state index contributed by atoms with van der Waals surface area (Å²) in [6.07, 6.45) is 3.32. The van der Waals surface area contributed by atoms with Gasteiger partial charge in [-0.15, -0.1) is 0 Å². The Morgan fingerprint density at radius 2 is 2.00 bits per heavy atom. The van der Waals surface area contributed by atoms with Crippen molar-refractivity contribution in [3.8, 4) is 17.2 Å². The van der Waals surface area contributed by atoms with E-state index in [9.17, 15) is 9.18 Å². The number of methoxy groups -OCH3 is 1. The van der Waals surface area contributed by atoms with Crippen LogP contribution in [0, 0.1) is 11.2 Å². The first-order chi connectivity index (χ1) is 14.9. The molecule has 3 aromatic rings. The van der Waals surface area contributed by atoms with Gasteiger partial charge in [0.25, 0.3) is 5.91 Å². The number of ether oxygens (including phenoxy) is 2. The second-order valence-corrected chi connectivity index (χ2v) is 8.54. The Kier molecular flexibility index (Phi) is 5.67. The smallest absolute Gasteiger partial charge is 0.258 e. The third-order valence-corrected chi connectivity index (χ3v) is 5.50. The van der Waals surface area contributed by atoms with Crippen LogP contribution in [0.15, 0.2) is 54.7 Å². The van der Waals surface area contributed by atoms with E-state index < -0.39 is 0 Å². The predicted molar refractivity (Wildman–Crippen MR) is 115 cm³/mol. The minimum Gasteiger partial charge on any atom is -0.493 e. The summed E-state index contributed by atoms with van der Waals surface area (Å²) in [5.41, 5.74) is 2.55. The number of carbonyl (C=O) groups is 1. The van der Waals surface area contributed by atoms with E-state index in [1.54, 1.807) is 36.2 Å². The van der Waals surface area contributed by atoms with E-state index in [0.29, 0.717) is 17.2 Å². The number of rotatable bonds is 6. The number of aromatic nitrogens is 2. The van der Waals surface area contributed by atoms with Gasteiger partial charge in [-0.25, -0.2) is 9.07 Å². The standard InChI is InChI=1S/C24H26FN3O3/c1-24(2)12-19(27-23(29)15-31-22-10-5-4-9-21(22)30-3)18-14-26-28(20(18)13-24)17-8-6-7-16(25)11-17/h4-11,14,19H,12-13,15H2,1-3H3,(H,27,29)/t19-/m1/s1. The Hall–Kier alpha value is -3.35. The zero-order valence-corrected chi connectivity index (χ0v) is 17.9. The SMILES string of the molecule is COc1ccccc1OCC(=O)N[C@@H]1CC(C)(C)Cc2c1cnn2-c1cccc(F)c1. The van der Waals surface area contributed by atoms with Crippen LogP contribution >= 0.6 is 0 Å². The van der Waals surface area contributed by atoms with Gasteiger partial charge in [0, 0.05) is 5.56 Å². The summed E-state index contributed by atoms with van der Waals surface area (Å²) < 4.78 is 26.4. The van der Waals surface area contributed by atoms with Gasteiger partial charge in [-0.2, -0.15) is 5.10 Å². The molecule has 7 heteroatoms. The van der Waals surface area contributed by atoms with Gasteiger partial charge in [0.2, 0.25) is 0 Å². The summed E-state index contributed by atoms with van der Waals surface area (Å²) in [6.45, 7) is 4.19. The molecule has 1 aromatic heterocycles. The second-order valence-electron chi connectivity index (χ2n) is 8.54. The van der Waals surface area contributed by atoms with Crippen LogP contribution in [-0.4, -0.2) is 29.4 Å². The number of fused-ring (bicyclic) bond motifs is 1. The average molecular weight is 423 g/mol. The van der Waals surface area contributed by atoms with Crippen molar-refractivity contribution in [2.24, 2.45) is 5.41 Å². The molecule has 0 saturated heterocycles. The molecule has 0 aliphatic heterocycles. The molecule has 4 rings (SSSR count). The highest BCUT2D eigenvalue weighted by molar-refractivity contribution is 5.78. The quantitative estimate of drug-likeness (QED) is 0.645. The maximum atomic E-state index is 13.7. The number of benzene rings is 2. The Morgan fingerprint density at radius 1 is 1.23 bits per heavy atom. The first-order valence-corrected chi connectivity index (χ1v) is 10.2. The monoisotopic (exact) mass is 423 g/mol. The molecule has 1 aliphatic carbocycles. The Labute approximate surface area is 181 Å². The molecular formula is C24H26FN3O3. The molecule has 162 valence electrons. The van der Waals surface area contributed by atoms with Gasteiger partial charge in [0.1, 0.15) is 5.82 Å². The van der Waals surface area contributed by atoms with Crippen LogP contribution in [0.2, 0.25) is 0 Å². The number of halogens is 1. The van der Waals surface area contributed by atoms with Gasteiger partial charge in [-0.3, -0.25) is 4.79 Å². The number of carbonyl (C=O) groups excluding carboxylic acids is 1. The van der Waals surface area contributed by atoms with E-state index in [1.165, 1.54) is 12.1 Å². The number of nitrogens with one attached hydrogen (secondary N) is 1. The number of hydrogen-bond donors (Lipinski definition) is 1. The zero-order valence-electron chi connectivity index (χ0n) is 17.9. The largest absolute Gasteiger partial charge is 0.493 e. The fourth-order valence-electron chi connectivity index (χ4n) is 4.12. The van der Waals surface area contributed by atoms with Gasteiger partial charge in [-0.1, -0.05) is 32.0 Å². The van der Waals surface area contributed by atoms with Crippen LogP contribution < -0.4 is 14.8 Å². The molecule has 1 amide bonds. The maximum absolute atomic E-state index is 13.7. The van der Waals surface area contributed by atoms with Gasteiger partial charge < -0.3 is 14.8 Å². The molecule has 1 N–H and O–H groups in total. The van der Waals surface area contributed by atoms with Crippen molar-refractivity contribution in [1.29, 1.82) is 0 Å². The predicted octanol–water partition coefficient (Wildman–Crippen LogP) is 4.23. The van der Waals surface area contributed by atoms with Crippen LogP contribution in [0.3, 0.4) is 0 Å². The summed E-state index contributed by atoms with van der Waals surface area (Å²) in [5.74, 6) is 0.560. The van der Waals surface area contributed by atoms with Crippen molar-refractivity contribution in [2.75, 3.05) is 13.7 Å². The zero-order chi connectivity index (χ0) is 22.0. The van der Waals surface area contributed by atoms with Crippen LogP contribution in [0.25, 0.3) is 5.69 Å². The number of nitrogens with zero attached hydrogens (tertiary/aromatic N) is 2. The molecule has 0 fully saturated rings. The lowest BCUT2D eigenvalue weighted by molar-refractivity contribution is -0.124. The highest BCUT2D eigenvalue weighted by atomic mass is 19.1. The van der Waals surface area contributed by atoms with Crippen LogP contribution in [0.4, 0.5) is 4.39 Å². The highest BCUT2D eigenvalue weighted by Gasteiger charge is 2.36. The number of amides is 1. The molecule has 1 aliphatic rings. The van der Waals surface area contributed by atoms with E-state index in [4.69, 9.17) is 9.47 Å². The minimum absolute atomic E-state index is 0.0560. The lowest BCUT2D eigenvalue weighted by atomic mass is 9.74. The maximum Gasteiger partial charge on any atom is 0.258 e. The summed E-state index contributed by atoms with van der Waals surface area (Å²) in [5, 5.41) is 7.58. The second kappa shape index (κ2) is 8.41. The van der Waals surface area contributed by atoms with Crippen molar-refractivity contribution < 1.29 is 18.7 Å². The number of para-hydroxylation sites is 2. The van der Waals surface area contributed by atoms with E-state index in [0.717, 1.165) is 24.1 Å². The topological polar surface area (TPSA) is 65.4 Å². The lowest BCUT2D eigenvalue weighted by Crippen LogP contribution is -2.38. The highest BCUT2D eigenvalue weighted by Crippen LogP contribution is 2.41. The molecule has 31 heavy (non-hydrogen) atoms. The van der Waals surface area contributed by atoms with E-state index in [2.05, 4.69) is 24.3 Å². The normalized spacial score (nSPS) is 17.0. The van der Waals surface area contributed by atoms with Crippen molar-refractivity contribution >= 4 is 5.91 Å². The molecule has 0 bridgehead atoms. The first-order valence-electron chi connectivity index (χ1n) is 10.2. The first kappa shape index (κ1) is 20.9. The Morgan fingerprint density at radius 3 is 2.74 bits per heavy atom. The third-order valence-electron chi connectivity index (χ3n) is 5.50. The molecule has 1 atom stereocenters. The third kappa shape index (κ3) is 4.55. The fourth-order valence-corrected chi connectivity index (χ4v) is 4.12. The summed E-state index contributed by atoms with van der Waals surface area (Å²) in [6, 6.07) is 13.4. The fraction of sp³-hybridized carbons (Fsp3) is 0.333. The van der Waals surface area contributed by atoms with Crippen molar-refractivity contribution in [2.45, 2.75) is 32.7 Å². The van der Waals surface area contributed by atoms with E-state index >= 15 is 0 Å². The Bertz CT molecular complexity index is 1090. The number of hydrogen-bond acceptors (Lipinski definition) is 4. The van der Waals surface area contributed by atoms with Crippen LogP contribution in [-0.2, 0) is 11.2 Å². The summed E-state index contributed by atoms with van der Waals surface area (Å²) in [4.78, 5) is 12.7. The van der Waals surface area contributed by atoms with Gasteiger partial charge in [0.15, 0.2) is 18.1 Å². The van der Waals surface area contributed by atoms with Gasteiger partial charge >= 0.3 is 0 Å². The summed E-state index contributed by atoms with van der Waals surface area (Å²) in [7, 11) is 1.56. The Balaban J connectivity index is 1.53. The van der Waals surface area contributed by atoms with Crippen LogP contribution in [0.5, 0.6) is 11.5 Å². The minimum atomic E-state index is -0.310. The molecule has 1 heterocycles. The molecule has 2 aromatic carbocycles. The van der Waals surface area contributed by atoms with Crippen molar-refractivity contribution in [1.82, 2.24) is 15.1 Å². The lowest BCUT2D eigenvalue weighted by Gasteiger charge is -2.36. The molecular weight excluding hydrogens is 397 g/mol. The average Bonchev–Trinajstić information content (AvgIpc) is 3.15. The molecule has 6 nitrogen and oxygen atoms in total. The summed E-state index contributed by atoms with van der Waals surface area (Å²) >= 11 is 0. The van der Waals surface area contributed by atoms with E-state index in [-0.39, 0.29) is 29.8 Å². The molecule has 0 saturated carbocycles. The van der Waals surface area contributed by atoms with Gasteiger partial charge in [0.05, 0.1) is 30.7 Å². The van der Waals surface area contributed by atoms with E-state index in [1.807, 2.05) is 18.2 Å². The molecule has 0 unspecified atom stereocenters. The van der Waals surface area contributed by atoms with Crippen LogP contribution in [0.1, 0.15) is 37.6 Å². The van der Waals surface area contributed by atoms with Crippen molar-refractivity contribution in [3.05, 3.63) is 71.8 Å². The van der Waals surface area contributed by atoms with Gasteiger partial charge in [-0.05, 0) is 48.6 Å². The van der Waals surface area contributed by atoms with Crippen molar-refractivity contribution in [3.63, 3.8) is 0 Å². The molecule has 0 radical (unpaired) electrons. The molecule has 0 spiro atoms.